The maximum atomic E-state index is 12.3. The Morgan fingerprint density at radius 1 is 1.30 bits per heavy atom. The van der Waals surface area contributed by atoms with Gasteiger partial charge in [0.1, 0.15) is 11.5 Å². The molecule has 1 aromatic rings. The molecule has 1 aliphatic heterocycles. The normalized spacial score (nSPS) is 19.1. The van der Waals surface area contributed by atoms with Gasteiger partial charge in [-0.3, -0.25) is 4.79 Å². The second-order valence-electron chi connectivity index (χ2n) is 5.51. The van der Waals surface area contributed by atoms with Crippen molar-refractivity contribution < 1.29 is 24.2 Å². The van der Waals surface area contributed by atoms with E-state index in [1.807, 2.05) is 0 Å². The number of hydrogen-bond donors (Lipinski definition) is 2. The zero-order valence-electron chi connectivity index (χ0n) is 12.6. The number of rotatable bonds is 4. The lowest BCUT2D eigenvalue weighted by Gasteiger charge is -2.33. The zero-order valence-corrected chi connectivity index (χ0v) is 12.6. The molecule has 2 atom stereocenters. The van der Waals surface area contributed by atoms with Crippen molar-refractivity contribution in [2.45, 2.75) is 25.6 Å². The minimum absolute atomic E-state index is 0.305. The van der Waals surface area contributed by atoms with Crippen LogP contribution in [0.5, 0.6) is 0 Å². The number of nitrogens with zero attached hydrogens (tertiary/aromatic N) is 1. The third kappa shape index (κ3) is 3.26. The second-order valence-corrected chi connectivity index (χ2v) is 5.51. The van der Waals surface area contributed by atoms with Crippen molar-refractivity contribution in [3.05, 3.63) is 47.4 Å². The van der Waals surface area contributed by atoms with Gasteiger partial charge in [-0.25, -0.2) is 4.79 Å². The van der Waals surface area contributed by atoms with Crippen LogP contribution >= 0.6 is 0 Å². The molecule has 0 spiro atoms. The fourth-order valence-electron chi connectivity index (χ4n) is 2.42. The fourth-order valence-corrected chi connectivity index (χ4v) is 2.42. The van der Waals surface area contributed by atoms with Crippen molar-refractivity contribution >= 4 is 11.9 Å². The molecule has 0 radical (unpaired) electrons. The van der Waals surface area contributed by atoms with E-state index in [0.29, 0.717) is 5.56 Å². The Morgan fingerprint density at radius 2 is 1.91 bits per heavy atom. The van der Waals surface area contributed by atoms with Crippen molar-refractivity contribution in [3.8, 4) is 6.07 Å². The molecular weight excluding hydrogens is 300 g/mol. The molecule has 2 rings (SSSR count). The highest BCUT2D eigenvalue weighted by Crippen LogP contribution is 2.38. The lowest BCUT2D eigenvalue weighted by atomic mass is 9.80. The molecule has 0 saturated carbocycles. The van der Waals surface area contributed by atoms with Crippen LogP contribution in [0.4, 0.5) is 0 Å². The first-order valence-electron chi connectivity index (χ1n) is 6.86. The Hall–Kier alpha value is -3.01. The minimum Gasteiger partial charge on any atom is -0.480 e. The summed E-state index contributed by atoms with van der Waals surface area (Å²) in [4.78, 5) is 23.9. The molecule has 1 amide bonds. The first kappa shape index (κ1) is 16.4. The summed E-state index contributed by atoms with van der Waals surface area (Å²) in [5, 5.41) is 19.4. The van der Waals surface area contributed by atoms with Crippen LogP contribution in [0.1, 0.15) is 25.3 Å². The third-order valence-electron chi connectivity index (χ3n) is 3.38. The van der Waals surface area contributed by atoms with Crippen LogP contribution in [-0.2, 0) is 19.1 Å². The number of esters is 1. The number of nitrogens with two attached hydrogens (primary N) is 1. The number of carbonyl (C=O) groups excluding carboxylic acids is 2. The van der Waals surface area contributed by atoms with Crippen LogP contribution in [0.2, 0.25) is 0 Å². The van der Waals surface area contributed by atoms with Crippen molar-refractivity contribution in [3.63, 3.8) is 0 Å². The molecule has 0 aliphatic carbocycles. The van der Waals surface area contributed by atoms with Crippen LogP contribution in [0.15, 0.2) is 41.9 Å². The van der Waals surface area contributed by atoms with Crippen molar-refractivity contribution in [1.29, 1.82) is 5.26 Å². The van der Waals surface area contributed by atoms with E-state index in [2.05, 4.69) is 0 Å². The lowest BCUT2D eigenvalue weighted by molar-refractivity contribution is -0.222. The molecule has 0 aromatic heterocycles. The Kier molecular flexibility index (Phi) is 4.27. The number of amides is 1. The molecule has 1 heterocycles. The van der Waals surface area contributed by atoms with Gasteiger partial charge in [0.2, 0.25) is 5.91 Å². The van der Waals surface area contributed by atoms with Gasteiger partial charge < -0.3 is 20.3 Å². The molecule has 3 N–H and O–H groups in total. The Bertz CT molecular complexity index is 703. The van der Waals surface area contributed by atoms with Gasteiger partial charge in [-0.05, 0) is 5.56 Å². The highest BCUT2D eigenvalue weighted by Gasteiger charge is 2.44. The average Bonchev–Trinajstić information content (AvgIpc) is 2.45. The Morgan fingerprint density at radius 3 is 2.39 bits per heavy atom. The third-order valence-corrected chi connectivity index (χ3v) is 3.38. The SMILES string of the molecule is CC1(C)OC(=O)C([C@@H](c2ccccc2)[C@@H](C#N)C(N)=O)=C(O)O1. The maximum Gasteiger partial charge on any atom is 0.345 e. The molecule has 7 nitrogen and oxygen atoms in total. The van der Waals surface area contributed by atoms with Crippen LogP contribution in [0.25, 0.3) is 0 Å². The number of ether oxygens (including phenoxy) is 2. The minimum atomic E-state index is -1.37. The van der Waals surface area contributed by atoms with E-state index in [0.717, 1.165) is 0 Å². The summed E-state index contributed by atoms with van der Waals surface area (Å²) >= 11 is 0. The first-order chi connectivity index (χ1) is 10.8. The largest absolute Gasteiger partial charge is 0.480 e. The summed E-state index contributed by atoms with van der Waals surface area (Å²) in [5.74, 6) is -6.27. The smallest absolute Gasteiger partial charge is 0.345 e. The predicted octanol–water partition coefficient (Wildman–Crippen LogP) is 1.47. The summed E-state index contributed by atoms with van der Waals surface area (Å²) < 4.78 is 10.3. The molecule has 0 fully saturated rings. The first-order valence-corrected chi connectivity index (χ1v) is 6.86. The van der Waals surface area contributed by atoms with Gasteiger partial charge in [-0.1, -0.05) is 30.3 Å². The number of cyclic esters (lactones) is 1. The van der Waals surface area contributed by atoms with Crippen molar-refractivity contribution in [1.82, 2.24) is 0 Å². The molecule has 0 bridgehead atoms. The highest BCUT2D eigenvalue weighted by atomic mass is 16.8. The van der Waals surface area contributed by atoms with E-state index in [-0.39, 0.29) is 5.57 Å². The summed E-state index contributed by atoms with van der Waals surface area (Å²) in [7, 11) is 0. The van der Waals surface area contributed by atoms with Gasteiger partial charge in [-0.15, -0.1) is 0 Å². The van der Waals surface area contributed by atoms with Crippen molar-refractivity contribution in [2.24, 2.45) is 11.7 Å². The predicted molar refractivity (Wildman–Crippen MR) is 78.4 cm³/mol. The monoisotopic (exact) mass is 316 g/mol. The number of aliphatic hydroxyl groups excluding tert-OH is 1. The molecule has 1 aliphatic rings. The Labute approximate surface area is 132 Å². The standard InChI is InChI=1S/C16H16N2O5/c1-16(2)22-14(20)12(15(21)23-16)11(10(8-17)13(18)19)9-6-4-3-5-7-9/h3-7,10-11,20H,1-2H3,(H2,18,19)/t10-,11+/m1/s1. The molecular formula is C16H16N2O5. The molecule has 0 unspecified atom stereocenters. The summed E-state index contributed by atoms with van der Waals surface area (Å²) in [6, 6.07) is 10.1. The molecule has 0 saturated heterocycles. The number of carbonyl (C=O) groups is 2. The summed E-state index contributed by atoms with van der Waals surface area (Å²) in [6.07, 6.45) is 0. The van der Waals surface area contributed by atoms with E-state index in [1.54, 1.807) is 36.4 Å². The van der Waals surface area contributed by atoms with Gasteiger partial charge in [0.25, 0.3) is 11.7 Å². The Balaban J connectivity index is 2.61. The second kappa shape index (κ2) is 6.01. The molecule has 1 aromatic carbocycles. The van der Waals surface area contributed by atoms with E-state index in [1.165, 1.54) is 13.8 Å². The summed E-state index contributed by atoms with van der Waals surface area (Å²) in [5.41, 5.74) is 5.43. The fraction of sp³-hybridized carbons (Fsp3) is 0.312. The van der Waals surface area contributed by atoms with Gasteiger partial charge in [0.15, 0.2) is 0 Å². The molecule has 7 heteroatoms. The van der Waals surface area contributed by atoms with Crippen LogP contribution in [0.3, 0.4) is 0 Å². The van der Waals surface area contributed by atoms with Gasteiger partial charge >= 0.3 is 5.97 Å². The van der Waals surface area contributed by atoms with E-state index < -0.39 is 35.4 Å². The number of benzene rings is 1. The van der Waals surface area contributed by atoms with E-state index in [4.69, 9.17) is 15.2 Å². The van der Waals surface area contributed by atoms with E-state index >= 15 is 0 Å². The van der Waals surface area contributed by atoms with Crippen LogP contribution < -0.4 is 5.73 Å². The number of hydrogen-bond acceptors (Lipinski definition) is 6. The molecule has 120 valence electrons. The van der Waals surface area contributed by atoms with Crippen LogP contribution in [0, 0.1) is 17.2 Å². The van der Waals surface area contributed by atoms with Gasteiger partial charge in [0, 0.05) is 19.8 Å². The zero-order chi connectivity index (χ0) is 17.2. The highest BCUT2D eigenvalue weighted by molar-refractivity contribution is 5.93. The summed E-state index contributed by atoms with van der Waals surface area (Å²) in [6.45, 7) is 2.90. The number of aliphatic hydroxyl groups is 1. The van der Waals surface area contributed by atoms with Crippen LogP contribution in [-0.4, -0.2) is 22.8 Å². The quantitative estimate of drug-likeness (QED) is 0.811. The maximum absolute atomic E-state index is 12.3. The number of nitriles is 1. The average molecular weight is 316 g/mol. The lowest BCUT2D eigenvalue weighted by Crippen LogP contribution is -2.40. The van der Waals surface area contributed by atoms with Gasteiger partial charge in [-0.2, -0.15) is 5.26 Å². The topological polar surface area (TPSA) is 123 Å². The van der Waals surface area contributed by atoms with E-state index in [9.17, 15) is 20.0 Å². The van der Waals surface area contributed by atoms with Crippen molar-refractivity contribution in [2.75, 3.05) is 0 Å². The number of primary amides is 1. The van der Waals surface area contributed by atoms with Gasteiger partial charge in [0.05, 0.1) is 6.07 Å². The molecule has 23 heavy (non-hydrogen) atoms.